The number of anilines is 2. The van der Waals surface area contributed by atoms with Gasteiger partial charge in [0.05, 0.1) is 35.3 Å². The summed E-state index contributed by atoms with van der Waals surface area (Å²) >= 11 is 0. The SMILES string of the molecule is COC(=O)c1cc(N)c(N)c(B2OC(C)(C)C(C)(C)O2)c1. The maximum Gasteiger partial charge on any atom is 0.497 e. The largest absolute Gasteiger partial charge is 0.497 e. The van der Waals surface area contributed by atoms with E-state index in [9.17, 15) is 4.79 Å². The number of hydrogen-bond donors (Lipinski definition) is 2. The molecule has 4 N–H and O–H groups in total. The molecular formula is C14H21BN2O4. The number of rotatable bonds is 2. The molecule has 0 bridgehead atoms. The van der Waals surface area contributed by atoms with E-state index in [2.05, 4.69) is 0 Å². The van der Waals surface area contributed by atoms with Crippen molar-refractivity contribution in [2.75, 3.05) is 18.6 Å². The van der Waals surface area contributed by atoms with Crippen LogP contribution in [-0.2, 0) is 14.0 Å². The molecule has 0 amide bonds. The fourth-order valence-corrected chi connectivity index (χ4v) is 2.10. The highest BCUT2D eigenvalue weighted by Gasteiger charge is 2.52. The molecule has 2 rings (SSSR count). The second-order valence-corrected chi connectivity index (χ2v) is 6.15. The molecule has 1 aromatic carbocycles. The maximum atomic E-state index is 11.7. The Morgan fingerprint density at radius 2 is 1.67 bits per heavy atom. The Balaban J connectivity index is 2.46. The molecule has 0 unspecified atom stereocenters. The van der Waals surface area contributed by atoms with Crippen molar-refractivity contribution < 1.29 is 18.8 Å². The lowest BCUT2D eigenvalue weighted by atomic mass is 9.76. The van der Waals surface area contributed by atoms with Gasteiger partial charge in [0.15, 0.2) is 0 Å². The monoisotopic (exact) mass is 292 g/mol. The molecule has 114 valence electrons. The van der Waals surface area contributed by atoms with Crippen LogP contribution in [0.1, 0.15) is 38.1 Å². The third-order valence-electron chi connectivity index (χ3n) is 4.17. The van der Waals surface area contributed by atoms with E-state index in [1.165, 1.54) is 13.2 Å². The highest BCUT2D eigenvalue weighted by atomic mass is 16.7. The van der Waals surface area contributed by atoms with Gasteiger partial charge >= 0.3 is 13.1 Å². The Labute approximate surface area is 124 Å². The highest BCUT2D eigenvalue weighted by Crippen LogP contribution is 2.37. The van der Waals surface area contributed by atoms with Crippen LogP contribution in [0.3, 0.4) is 0 Å². The Hall–Kier alpha value is -1.73. The summed E-state index contributed by atoms with van der Waals surface area (Å²) < 4.78 is 16.6. The van der Waals surface area contributed by atoms with Gasteiger partial charge in [-0.05, 0) is 39.8 Å². The van der Waals surface area contributed by atoms with E-state index in [0.29, 0.717) is 22.4 Å². The van der Waals surface area contributed by atoms with Crippen LogP contribution >= 0.6 is 0 Å². The average molecular weight is 292 g/mol. The van der Waals surface area contributed by atoms with E-state index in [1.807, 2.05) is 27.7 Å². The first kappa shape index (κ1) is 15.7. The van der Waals surface area contributed by atoms with Gasteiger partial charge in [-0.2, -0.15) is 0 Å². The second-order valence-electron chi connectivity index (χ2n) is 6.15. The number of carbonyl (C=O) groups is 1. The van der Waals surface area contributed by atoms with Crippen molar-refractivity contribution in [3.63, 3.8) is 0 Å². The zero-order valence-corrected chi connectivity index (χ0v) is 13.0. The molecular weight excluding hydrogens is 271 g/mol. The summed E-state index contributed by atoms with van der Waals surface area (Å²) in [5.74, 6) is -0.487. The molecule has 1 aromatic rings. The van der Waals surface area contributed by atoms with Crippen LogP contribution in [0.2, 0.25) is 0 Å². The van der Waals surface area contributed by atoms with Gasteiger partial charge in [0.2, 0.25) is 0 Å². The predicted molar refractivity (Wildman–Crippen MR) is 82.3 cm³/mol. The van der Waals surface area contributed by atoms with E-state index in [-0.39, 0.29) is 0 Å². The number of nitrogen functional groups attached to an aromatic ring is 2. The van der Waals surface area contributed by atoms with Crippen LogP contribution in [0.4, 0.5) is 11.4 Å². The van der Waals surface area contributed by atoms with E-state index in [4.69, 9.17) is 25.5 Å². The molecule has 0 spiro atoms. The summed E-state index contributed by atoms with van der Waals surface area (Å²) in [6, 6.07) is 3.08. The van der Waals surface area contributed by atoms with Crippen molar-refractivity contribution >= 4 is 29.9 Å². The topological polar surface area (TPSA) is 96.8 Å². The molecule has 1 aliphatic rings. The third-order valence-corrected chi connectivity index (χ3v) is 4.17. The molecule has 0 aromatic heterocycles. The van der Waals surface area contributed by atoms with Gasteiger partial charge in [0.1, 0.15) is 0 Å². The number of hydrogen-bond acceptors (Lipinski definition) is 6. The first-order valence-electron chi connectivity index (χ1n) is 6.72. The zero-order valence-electron chi connectivity index (χ0n) is 13.0. The number of methoxy groups -OCH3 is 1. The van der Waals surface area contributed by atoms with Crippen LogP contribution in [0.15, 0.2) is 12.1 Å². The number of carbonyl (C=O) groups excluding carboxylic acids is 1. The van der Waals surface area contributed by atoms with Gasteiger partial charge in [0, 0.05) is 5.46 Å². The molecule has 1 aliphatic heterocycles. The van der Waals surface area contributed by atoms with Gasteiger partial charge < -0.3 is 25.5 Å². The Morgan fingerprint density at radius 3 is 2.14 bits per heavy atom. The minimum Gasteiger partial charge on any atom is -0.465 e. The highest BCUT2D eigenvalue weighted by molar-refractivity contribution is 6.64. The van der Waals surface area contributed by atoms with E-state index >= 15 is 0 Å². The fourth-order valence-electron chi connectivity index (χ4n) is 2.10. The van der Waals surface area contributed by atoms with Gasteiger partial charge in [-0.3, -0.25) is 0 Å². The molecule has 7 heteroatoms. The number of benzene rings is 1. The number of ether oxygens (including phenoxy) is 1. The summed E-state index contributed by atoms with van der Waals surface area (Å²) in [7, 11) is 0.630. The van der Waals surface area contributed by atoms with E-state index < -0.39 is 24.3 Å². The van der Waals surface area contributed by atoms with Crippen molar-refractivity contribution in [2.45, 2.75) is 38.9 Å². The lowest BCUT2D eigenvalue weighted by molar-refractivity contribution is 0.00578. The summed E-state index contributed by atoms with van der Waals surface area (Å²) in [5.41, 5.74) is 12.4. The summed E-state index contributed by atoms with van der Waals surface area (Å²) in [6.45, 7) is 7.76. The molecule has 0 aliphatic carbocycles. The summed E-state index contributed by atoms with van der Waals surface area (Å²) in [6.07, 6.45) is 0. The standard InChI is InChI=1S/C14H21BN2O4/c1-13(2)14(3,4)21-15(20-13)9-6-8(12(18)19-5)7-10(16)11(9)17/h6-7H,16-17H2,1-5H3. The van der Waals surface area contributed by atoms with Crippen molar-refractivity contribution in [3.05, 3.63) is 17.7 Å². The molecule has 21 heavy (non-hydrogen) atoms. The van der Waals surface area contributed by atoms with Gasteiger partial charge in [-0.25, -0.2) is 4.79 Å². The number of nitrogens with two attached hydrogens (primary N) is 2. The Morgan fingerprint density at radius 1 is 1.14 bits per heavy atom. The molecule has 0 radical (unpaired) electrons. The predicted octanol–water partition coefficient (Wildman–Crippen LogP) is 0.937. The first-order valence-corrected chi connectivity index (χ1v) is 6.72. The molecule has 6 nitrogen and oxygen atoms in total. The second kappa shape index (κ2) is 4.93. The van der Waals surface area contributed by atoms with Crippen molar-refractivity contribution in [2.24, 2.45) is 0 Å². The summed E-state index contributed by atoms with van der Waals surface area (Å²) in [5, 5.41) is 0. The minimum absolute atomic E-state index is 0.294. The van der Waals surface area contributed by atoms with Crippen LogP contribution < -0.4 is 16.9 Å². The fraction of sp³-hybridized carbons (Fsp3) is 0.500. The Kier molecular flexibility index (Phi) is 3.67. The lowest BCUT2D eigenvalue weighted by Gasteiger charge is -2.32. The van der Waals surface area contributed by atoms with E-state index in [1.54, 1.807) is 6.07 Å². The minimum atomic E-state index is -0.679. The van der Waals surface area contributed by atoms with Crippen LogP contribution in [0, 0.1) is 0 Å². The molecule has 1 fully saturated rings. The Bertz CT molecular complexity index is 571. The van der Waals surface area contributed by atoms with Crippen molar-refractivity contribution in [1.82, 2.24) is 0 Å². The van der Waals surface area contributed by atoms with Crippen molar-refractivity contribution in [1.29, 1.82) is 0 Å². The van der Waals surface area contributed by atoms with Crippen molar-refractivity contribution in [3.8, 4) is 0 Å². The smallest absolute Gasteiger partial charge is 0.465 e. The van der Waals surface area contributed by atoms with Crippen LogP contribution in [0.5, 0.6) is 0 Å². The first-order chi connectivity index (χ1) is 9.59. The molecule has 1 saturated heterocycles. The average Bonchev–Trinajstić information content (AvgIpc) is 2.60. The quantitative estimate of drug-likeness (QED) is 0.478. The third kappa shape index (κ3) is 2.58. The van der Waals surface area contributed by atoms with Gasteiger partial charge in [-0.15, -0.1) is 0 Å². The van der Waals surface area contributed by atoms with Gasteiger partial charge in [0.25, 0.3) is 0 Å². The maximum absolute atomic E-state index is 11.7. The van der Waals surface area contributed by atoms with E-state index in [0.717, 1.165) is 0 Å². The molecule has 0 saturated carbocycles. The molecule has 1 heterocycles. The lowest BCUT2D eigenvalue weighted by Crippen LogP contribution is -2.41. The molecule has 0 atom stereocenters. The summed E-state index contributed by atoms with van der Waals surface area (Å²) in [4.78, 5) is 11.7. The zero-order chi connectivity index (χ0) is 16.0. The number of esters is 1. The van der Waals surface area contributed by atoms with Crippen LogP contribution in [0.25, 0.3) is 0 Å². The van der Waals surface area contributed by atoms with Crippen LogP contribution in [-0.4, -0.2) is 31.4 Å². The normalized spacial score (nSPS) is 19.6. The van der Waals surface area contributed by atoms with Gasteiger partial charge in [-0.1, -0.05) is 0 Å².